The predicted octanol–water partition coefficient (Wildman–Crippen LogP) is 3.95. The molecule has 0 aliphatic carbocycles. The maximum absolute atomic E-state index is 12.6. The molecule has 8 heteroatoms. The first kappa shape index (κ1) is 19.2. The molecule has 132 valence electrons. The number of carbonyl (C=O) groups is 2. The molecule has 2 rings (SSSR count). The number of halogens is 1. The van der Waals surface area contributed by atoms with Gasteiger partial charge in [0.15, 0.2) is 5.16 Å². The van der Waals surface area contributed by atoms with Crippen LogP contribution in [-0.2, 0) is 4.79 Å². The minimum atomic E-state index is -1.09. The summed E-state index contributed by atoms with van der Waals surface area (Å²) >= 11 is 7.32. The Labute approximate surface area is 155 Å². The minimum Gasteiger partial charge on any atom is -0.478 e. The van der Waals surface area contributed by atoms with Gasteiger partial charge in [-0.1, -0.05) is 30.3 Å². The van der Waals surface area contributed by atoms with Crippen LogP contribution in [0.3, 0.4) is 0 Å². The Bertz CT molecular complexity index is 793. The molecule has 0 bridgehead atoms. The smallest absolute Gasteiger partial charge is 0.335 e. The number of hydrogen-bond acceptors (Lipinski definition) is 5. The van der Waals surface area contributed by atoms with Crippen molar-refractivity contribution in [1.29, 1.82) is 0 Å². The molecule has 1 amide bonds. The maximum Gasteiger partial charge on any atom is 0.335 e. The number of anilines is 1. The molecule has 1 heterocycles. The molecule has 0 saturated heterocycles. The molecule has 0 saturated carbocycles. The number of nitrogens with one attached hydrogen (secondary N) is 1. The van der Waals surface area contributed by atoms with Gasteiger partial charge in [0.25, 0.3) is 0 Å². The van der Waals surface area contributed by atoms with Gasteiger partial charge in [0, 0.05) is 11.4 Å². The summed E-state index contributed by atoms with van der Waals surface area (Å²) in [5, 5.41) is 12.1. The van der Waals surface area contributed by atoms with Gasteiger partial charge in [0.05, 0.1) is 21.5 Å². The summed E-state index contributed by atoms with van der Waals surface area (Å²) in [6.07, 6.45) is 0.559. The Balaban J connectivity index is 2.17. The van der Waals surface area contributed by atoms with Crippen molar-refractivity contribution in [3.05, 3.63) is 46.2 Å². The molecule has 1 aromatic carbocycles. The standard InChI is InChI=1S/C17H18ClN3O3S/c1-4-14(25-17-19-9(2)7-10(3)20-17)15(22)21-13-8-11(16(23)24)5-6-12(13)18/h5-8,14H,4H2,1-3H3,(H,21,22)(H,23,24). The Morgan fingerprint density at radius 1 is 1.24 bits per heavy atom. The highest BCUT2D eigenvalue weighted by Gasteiger charge is 2.21. The molecule has 1 unspecified atom stereocenters. The molecule has 0 aliphatic heterocycles. The summed E-state index contributed by atoms with van der Waals surface area (Å²) in [5.74, 6) is -1.36. The van der Waals surface area contributed by atoms with Gasteiger partial charge < -0.3 is 10.4 Å². The number of carbonyl (C=O) groups excluding carboxylic acids is 1. The second-order valence-electron chi connectivity index (χ2n) is 5.44. The van der Waals surface area contributed by atoms with E-state index in [0.717, 1.165) is 11.4 Å². The lowest BCUT2D eigenvalue weighted by Crippen LogP contribution is -2.25. The van der Waals surface area contributed by atoms with Crippen LogP contribution in [0.2, 0.25) is 5.02 Å². The average Bonchev–Trinajstić information content (AvgIpc) is 2.53. The minimum absolute atomic E-state index is 0.0537. The summed E-state index contributed by atoms with van der Waals surface area (Å²) in [4.78, 5) is 32.3. The molecule has 25 heavy (non-hydrogen) atoms. The number of carboxylic acid groups (broad SMARTS) is 1. The van der Waals surface area contributed by atoms with E-state index in [9.17, 15) is 9.59 Å². The zero-order valence-electron chi connectivity index (χ0n) is 14.0. The molecule has 0 aliphatic rings. The van der Waals surface area contributed by atoms with Gasteiger partial charge >= 0.3 is 5.97 Å². The van der Waals surface area contributed by atoms with Gasteiger partial charge in [-0.3, -0.25) is 4.79 Å². The monoisotopic (exact) mass is 379 g/mol. The maximum atomic E-state index is 12.6. The van der Waals surface area contributed by atoms with Gasteiger partial charge in [-0.25, -0.2) is 14.8 Å². The van der Waals surface area contributed by atoms with E-state index in [1.54, 1.807) is 0 Å². The number of amides is 1. The van der Waals surface area contributed by atoms with Crippen molar-refractivity contribution in [3.63, 3.8) is 0 Å². The number of rotatable bonds is 6. The fourth-order valence-electron chi connectivity index (χ4n) is 2.16. The molecule has 6 nitrogen and oxygen atoms in total. The fraction of sp³-hybridized carbons (Fsp3) is 0.294. The van der Waals surface area contributed by atoms with Crippen LogP contribution in [0.1, 0.15) is 35.1 Å². The van der Waals surface area contributed by atoms with Gasteiger partial charge in [0.2, 0.25) is 5.91 Å². The molecular weight excluding hydrogens is 362 g/mol. The third-order valence-corrected chi connectivity index (χ3v) is 4.90. The number of benzene rings is 1. The van der Waals surface area contributed by atoms with Crippen molar-refractivity contribution in [3.8, 4) is 0 Å². The van der Waals surface area contributed by atoms with Crippen molar-refractivity contribution in [2.75, 3.05) is 5.32 Å². The van der Waals surface area contributed by atoms with Gasteiger partial charge in [0.1, 0.15) is 0 Å². The predicted molar refractivity (Wildman–Crippen MR) is 98.5 cm³/mol. The van der Waals surface area contributed by atoms with E-state index in [0.29, 0.717) is 11.6 Å². The Morgan fingerprint density at radius 2 is 1.88 bits per heavy atom. The van der Waals surface area contributed by atoms with Crippen molar-refractivity contribution >= 4 is 40.9 Å². The Kier molecular flexibility index (Phi) is 6.39. The van der Waals surface area contributed by atoms with Crippen LogP contribution in [0.4, 0.5) is 5.69 Å². The van der Waals surface area contributed by atoms with Crippen LogP contribution in [0.5, 0.6) is 0 Å². The van der Waals surface area contributed by atoms with Crippen LogP contribution in [0.15, 0.2) is 29.4 Å². The second-order valence-corrected chi connectivity index (χ2v) is 7.01. The third kappa shape index (κ3) is 5.17. The fourth-order valence-corrected chi connectivity index (χ4v) is 3.31. The number of hydrogen-bond donors (Lipinski definition) is 2. The van der Waals surface area contributed by atoms with Crippen LogP contribution in [0.25, 0.3) is 0 Å². The lowest BCUT2D eigenvalue weighted by molar-refractivity contribution is -0.115. The average molecular weight is 380 g/mol. The van der Waals surface area contributed by atoms with Crippen molar-refractivity contribution in [1.82, 2.24) is 9.97 Å². The SMILES string of the molecule is CCC(Sc1nc(C)cc(C)n1)C(=O)Nc1cc(C(=O)O)ccc1Cl. The van der Waals surface area contributed by atoms with Gasteiger partial charge in [-0.2, -0.15) is 0 Å². The molecular formula is C17H18ClN3O3S. The largest absolute Gasteiger partial charge is 0.478 e. The summed E-state index contributed by atoms with van der Waals surface area (Å²) in [6.45, 7) is 5.63. The lowest BCUT2D eigenvalue weighted by atomic mass is 10.2. The molecule has 1 atom stereocenters. The molecule has 0 radical (unpaired) electrons. The van der Waals surface area contributed by atoms with E-state index in [-0.39, 0.29) is 22.2 Å². The number of aromatic nitrogens is 2. The lowest BCUT2D eigenvalue weighted by Gasteiger charge is -2.15. The highest BCUT2D eigenvalue weighted by Crippen LogP contribution is 2.27. The van der Waals surface area contributed by atoms with Crippen LogP contribution in [0, 0.1) is 13.8 Å². The highest BCUT2D eigenvalue weighted by atomic mass is 35.5. The topological polar surface area (TPSA) is 92.2 Å². The summed E-state index contributed by atoms with van der Waals surface area (Å²) in [7, 11) is 0. The number of aryl methyl sites for hydroxylation is 2. The molecule has 0 fully saturated rings. The van der Waals surface area contributed by atoms with Crippen LogP contribution >= 0.6 is 23.4 Å². The zero-order valence-corrected chi connectivity index (χ0v) is 15.6. The number of aromatic carboxylic acids is 1. The summed E-state index contributed by atoms with van der Waals surface area (Å²) in [5.41, 5.74) is 2.00. The first-order valence-corrected chi connectivity index (χ1v) is 8.88. The summed E-state index contributed by atoms with van der Waals surface area (Å²) in [6, 6.07) is 6.03. The first-order chi connectivity index (χ1) is 11.8. The molecule has 1 aromatic heterocycles. The van der Waals surface area contributed by atoms with Crippen molar-refractivity contribution < 1.29 is 14.7 Å². The van der Waals surface area contributed by atoms with E-state index in [4.69, 9.17) is 16.7 Å². The number of thioether (sulfide) groups is 1. The van der Waals surface area contributed by atoms with E-state index in [2.05, 4.69) is 15.3 Å². The van der Waals surface area contributed by atoms with Crippen molar-refractivity contribution in [2.24, 2.45) is 0 Å². The third-order valence-electron chi connectivity index (χ3n) is 3.34. The number of carboxylic acids is 1. The van der Waals surface area contributed by atoms with E-state index in [1.165, 1.54) is 30.0 Å². The normalized spacial score (nSPS) is 11.8. The molecule has 0 spiro atoms. The zero-order chi connectivity index (χ0) is 18.6. The van der Waals surface area contributed by atoms with E-state index < -0.39 is 11.2 Å². The molecule has 2 aromatic rings. The second kappa shape index (κ2) is 8.31. The van der Waals surface area contributed by atoms with Crippen LogP contribution in [-0.4, -0.2) is 32.2 Å². The quantitative estimate of drug-likeness (QED) is 0.583. The first-order valence-electron chi connectivity index (χ1n) is 7.62. The Hall–Kier alpha value is -2.12. The molecule has 2 N–H and O–H groups in total. The Morgan fingerprint density at radius 3 is 2.44 bits per heavy atom. The summed E-state index contributed by atoms with van der Waals surface area (Å²) < 4.78 is 0. The van der Waals surface area contributed by atoms with E-state index in [1.807, 2.05) is 26.8 Å². The van der Waals surface area contributed by atoms with E-state index >= 15 is 0 Å². The van der Waals surface area contributed by atoms with Gasteiger partial charge in [-0.15, -0.1) is 0 Å². The van der Waals surface area contributed by atoms with Gasteiger partial charge in [-0.05, 0) is 44.5 Å². The van der Waals surface area contributed by atoms with Crippen molar-refractivity contribution in [2.45, 2.75) is 37.6 Å². The highest BCUT2D eigenvalue weighted by molar-refractivity contribution is 8.00. The number of nitrogens with zero attached hydrogens (tertiary/aromatic N) is 2. The van der Waals surface area contributed by atoms with Crippen LogP contribution < -0.4 is 5.32 Å².